The Kier molecular flexibility index (Phi) is 5.90. The average Bonchev–Trinajstić information content (AvgIpc) is 3.48. The number of nitro groups is 1. The van der Waals surface area contributed by atoms with Crippen LogP contribution in [0.25, 0.3) is 10.4 Å². The minimum atomic E-state index is -0.825. The van der Waals surface area contributed by atoms with E-state index in [9.17, 15) is 24.8 Å². The van der Waals surface area contributed by atoms with Crippen LogP contribution in [0.3, 0.4) is 0 Å². The number of carbonyl (C=O) groups is 2. The molecule has 1 amide bonds. The van der Waals surface area contributed by atoms with E-state index in [0.29, 0.717) is 17.6 Å². The molecule has 0 saturated carbocycles. The first-order valence-corrected chi connectivity index (χ1v) is 12.9. The van der Waals surface area contributed by atoms with Gasteiger partial charge in [-0.25, -0.2) is 9.78 Å². The molecule has 0 unspecified atom stereocenters. The van der Waals surface area contributed by atoms with Gasteiger partial charge in [-0.1, -0.05) is 0 Å². The predicted molar refractivity (Wildman–Crippen MR) is 130 cm³/mol. The third-order valence-electron chi connectivity index (χ3n) is 6.40. The van der Waals surface area contributed by atoms with Crippen LogP contribution in [0.4, 0.5) is 5.69 Å². The summed E-state index contributed by atoms with van der Waals surface area (Å²) in [4.78, 5) is 44.3. The van der Waals surface area contributed by atoms with Gasteiger partial charge in [0, 0.05) is 23.9 Å². The molecule has 0 aliphatic carbocycles. The quantitative estimate of drug-likeness (QED) is 0.167. The van der Waals surface area contributed by atoms with E-state index < -0.39 is 22.9 Å². The highest BCUT2D eigenvalue weighted by atomic mass is 32.2. The number of β-lactam (4-membered cyclic amide) rings is 1. The lowest BCUT2D eigenvalue weighted by atomic mass is 9.83. The van der Waals surface area contributed by atoms with E-state index in [1.807, 2.05) is 23.8 Å². The summed E-state index contributed by atoms with van der Waals surface area (Å²) < 4.78 is 7.52. The van der Waals surface area contributed by atoms with Gasteiger partial charge in [0.05, 0.1) is 27.9 Å². The first-order valence-electron chi connectivity index (χ1n) is 10.9. The Labute approximate surface area is 208 Å². The molecule has 10 nitrogen and oxygen atoms in total. The van der Waals surface area contributed by atoms with Gasteiger partial charge in [0.1, 0.15) is 28.0 Å². The number of esters is 1. The molecule has 5 rings (SSSR count). The van der Waals surface area contributed by atoms with Crippen molar-refractivity contribution in [3.63, 3.8) is 0 Å². The number of aryl methyl sites for hydroxylation is 1. The van der Waals surface area contributed by atoms with E-state index in [0.717, 1.165) is 20.6 Å². The number of aromatic nitrogens is 2. The number of thioether (sulfide) groups is 1. The molecule has 2 aliphatic heterocycles. The first kappa shape index (κ1) is 23.5. The molecular formula is C23H22N4O6S2. The van der Waals surface area contributed by atoms with Crippen LogP contribution in [0.15, 0.2) is 41.2 Å². The number of benzene rings is 1. The fourth-order valence-electron chi connectivity index (χ4n) is 4.67. The third-order valence-corrected chi connectivity index (χ3v) is 8.35. The second kappa shape index (κ2) is 8.77. The maximum atomic E-state index is 13.3. The molecule has 1 N–H and O–H groups in total. The van der Waals surface area contributed by atoms with Crippen LogP contribution in [-0.2, 0) is 20.9 Å². The molecule has 2 aliphatic rings. The number of hydrogen-bond acceptors (Lipinski definition) is 9. The monoisotopic (exact) mass is 514 g/mol. The summed E-state index contributed by atoms with van der Waals surface area (Å²) >= 11 is 3.04. The molecule has 3 aromatic rings. The number of rotatable bonds is 7. The Hall–Kier alpha value is -3.22. The lowest BCUT2D eigenvalue weighted by Crippen LogP contribution is -2.61. The summed E-state index contributed by atoms with van der Waals surface area (Å²) in [7, 11) is 0. The standard InChI is InChI=1S/C23H22N4O6S2/c1-11(28)18-16-8-15(17-9-25-12(2)24-20(34-3)22(25)35-17)19(26(16)21(18)29)23(30)33-10-13-4-6-14(7-5-13)27(31)32/h4-7,9,11,16,18,28H,8,10H2,1-3H3/t11-,16-,18-/m1/s1. The van der Waals surface area contributed by atoms with Crippen LogP contribution in [0.5, 0.6) is 0 Å². The number of ether oxygens (including phenoxy) is 1. The van der Waals surface area contributed by atoms with E-state index in [1.165, 1.54) is 52.3 Å². The Morgan fingerprint density at radius 1 is 1.40 bits per heavy atom. The third kappa shape index (κ3) is 3.81. The molecule has 0 radical (unpaired) electrons. The number of hydrogen-bond donors (Lipinski definition) is 1. The van der Waals surface area contributed by atoms with Crippen LogP contribution in [0, 0.1) is 23.0 Å². The van der Waals surface area contributed by atoms with Gasteiger partial charge >= 0.3 is 5.97 Å². The van der Waals surface area contributed by atoms with Gasteiger partial charge in [-0.15, -0.1) is 23.1 Å². The second-order valence-corrected chi connectivity index (χ2v) is 10.3. The summed E-state index contributed by atoms with van der Waals surface area (Å²) in [6, 6.07) is 5.44. The first-order chi connectivity index (χ1) is 16.7. The number of thiazole rings is 1. The van der Waals surface area contributed by atoms with Crippen LogP contribution < -0.4 is 0 Å². The zero-order chi connectivity index (χ0) is 25.0. The second-order valence-electron chi connectivity index (χ2n) is 8.51. The normalized spacial score (nSPS) is 20.2. The highest BCUT2D eigenvalue weighted by Gasteiger charge is 2.57. The molecule has 0 bridgehead atoms. The van der Waals surface area contributed by atoms with Crippen molar-refractivity contribution in [1.29, 1.82) is 0 Å². The van der Waals surface area contributed by atoms with Gasteiger partial charge in [-0.2, -0.15) is 0 Å². The molecule has 1 saturated heterocycles. The molecule has 35 heavy (non-hydrogen) atoms. The van der Waals surface area contributed by atoms with E-state index in [1.54, 1.807) is 6.92 Å². The number of carbonyl (C=O) groups excluding carboxylic acids is 2. The van der Waals surface area contributed by atoms with Gasteiger partial charge < -0.3 is 14.7 Å². The summed E-state index contributed by atoms with van der Waals surface area (Å²) in [5.41, 5.74) is 1.44. The molecule has 4 heterocycles. The molecule has 12 heteroatoms. The van der Waals surface area contributed by atoms with Crippen molar-refractivity contribution in [2.75, 3.05) is 6.26 Å². The number of fused-ring (bicyclic) bond motifs is 2. The van der Waals surface area contributed by atoms with Gasteiger partial charge in [-0.3, -0.25) is 19.3 Å². The van der Waals surface area contributed by atoms with E-state index in [-0.39, 0.29) is 29.9 Å². The van der Waals surface area contributed by atoms with Gasteiger partial charge in [0.25, 0.3) is 5.69 Å². The smallest absolute Gasteiger partial charge is 0.355 e. The minimum Gasteiger partial charge on any atom is -0.456 e. The lowest BCUT2D eigenvalue weighted by Gasteiger charge is -2.44. The maximum Gasteiger partial charge on any atom is 0.355 e. The molecule has 1 aromatic carbocycles. The average molecular weight is 515 g/mol. The predicted octanol–water partition coefficient (Wildman–Crippen LogP) is 3.40. The largest absolute Gasteiger partial charge is 0.456 e. The van der Waals surface area contributed by atoms with Crippen molar-refractivity contribution in [2.24, 2.45) is 5.92 Å². The zero-order valence-electron chi connectivity index (χ0n) is 19.1. The molecular weight excluding hydrogens is 492 g/mol. The van der Waals surface area contributed by atoms with Crippen LogP contribution in [0.2, 0.25) is 0 Å². The van der Waals surface area contributed by atoms with Crippen LogP contribution in [0.1, 0.15) is 29.6 Å². The molecule has 182 valence electrons. The Morgan fingerprint density at radius 2 is 2.11 bits per heavy atom. The number of nitro benzene ring substituents is 1. The van der Waals surface area contributed by atoms with Crippen molar-refractivity contribution >= 4 is 51.1 Å². The fourth-order valence-corrected chi connectivity index (χ4v) is 6.63. The number of amides is 1. The maximum absolute atomic E-state index is 13.3. The fraction of sp³-hybridized carbons (Fsp3) is 0.348. The SMILES string of the molecule is CSc1nc(C)n2cc(C3=C(C(=O)OCc4ccc([N+](=O)[O-])cc4)N4C(=O)[C@H]([C@@H](C)O)[C@H]4C3)sc12. The number of non-ortho nitro benzene ring substituents is 1. The molecule has 0 spiro atoms. The zero-order valence-corrected chi connectivity index (χ0v) is 20.8. The summed E-state index contributed by atoms with van der Waals surface area (Å²) in [6.07, 6.45) is 3.49. The number of aliphatic hydroxyl groups is 1. The number of nitrogens with zero attached hydrogens (tertiary/aromatic N) is 4. The van der Waals surface area contributed by atoms with Crippen molar-refractivity contribution < 1.29 is 24.4 Å². The lowest BCUT2D eigenvalue weighted by molar-refractivity contribution is -0.384. The highest BCUT2D eigenvalue weighted by molar-refractivity contribution is 7.98. The van der Waals surface area contributed by atoms with Crippen molar-refractivity contribution in [2.45, 2.75) is 44.0 Å². The topological polar surface area (TPSA) is 127 Å². The van der Waals surface area contributed by atoms with Crippen LogP contribution >= 0.6 is 23.1 Å². The van der Waals surface area contributed by atoms with Gasteiger partial charge in [0.2, 0.25) is 5.91 Å². The van der Waals surface area contributed by atoms with Crippen molar-refractivity contribution in [1.82, 2.24) is 14.3 Å². The Morgan fingerprint density at radius 3 is 2.74 bits per heavy atom. The van der Waals surface area contributed by atoms with Crippen molar-refractivity contribution in [3.05, 3.63) is 62.5 Å². The molecule has 1 fully saturated rings. The Bertz CT molecular complexity index is 1390. The van der Waals surface area contributed by atoms with Gasteiger partial charge in [-0.05, 0) is 44.2 Å². The summed E-state index contributed by atoms with van der Waals surface area (Å²) in [6.45, 7) is 3.40. The minimum absolute atomic E-state index is 0.0532. The molecule has 2 aromatic heterocycles. The van der Waals surface area contributed by atoms with E-state index in [4.69, 9.17) is 4.74 Å². The summed E-state index contributed by atoms with van der Waals surface area (Å²) in [5.74, 6) is -0.681. The van der Waals surface area contributed by atoms with E-state index in [2.05, 4.69) is 4.98 Å². The highest BCUT2D eigenvalue weighted by Crippen LogP contribution is 2.49. The van der Waals surface area contributed by atoms with E-state index >= 15 is 0 Å². The van der Waals surface area contributed by atoms with Crippen LogP contribution in [-0.4, -0.2) is 54.6 Å². The summed E-state index contributed by atoms with van der Waals surface area (Å²) in [5, 5.41) is 21.9. The number of imidazole rings is 1. The van der Waals surface area contributed by atoms with Crippen molar-refractivity contribution in [3.8, 4) is 0 Å². The Balaban J connectivity index is 1.48. The number of aliphatic hydroxyl groups excluding tert-OH is 1. The molecule has 3 atom stereocenters. The van der Waals surface area contributed by atoms with Gasteiger partial charge in [0.15, 0.2) is 0 Å².